The summed E-state index contributed by atoms with van der Waals surface area (Å²) in [4.78, 5) is 16.7. The molecule has 2 rings (SSSR count). The maximum atomic E-state index is 11.9. The fourth-order valence-corrected chi connectivity index (χ4v) is 3.28. The van der Waals surface area contributed by atoms with Crippen LogP contribution in [0.25, 0.3) is 0 Å². The Morgan fingerprint density at radius 1 is 1.44 bits per heavy atom. The molecule has 0 unspecified atom stereocenters. The second-order valence-electron chi connectivity index (χ2n) is 3.72. The van der Waals surface area contributed by atoms with Crippen molar-refractivity contribution in [1.82, 2.24) is 10.3 Å². The molecular weight excluding hydrogens is 380 g/mol. The summed E-state index contributed by atoms with van der Waals surface area (Å²) in [5.74, 6) is -0.0769. The summed E-state index contributed by atoms with van der Waals surface area (Å²) >= 11 is 8.13. The van der Waals surface area contributed by atoms with Crippen LogP contribution in [0.15, 0.2) is 32.7 Å². The third-order valence-electron chi connectivity index (χ3n) is 2.29. The number of halogens is 2. The summed E-state index contributed by atoms with van der Waals surface area (Å²) < 4.78 is 1.82. The van der Waals surface area contributed by atoms with Gasteiger partial charge in [0.15, 0.2) is 0 Å². The number of aromatic nitrogens is 1. The largest absolute Gasteiger partial charge is 0.347 e. The SMILES string of the molecule is Cc1ccc(CNC(=O)c2cc(Br)c(Br)s2)cn1. The lowest BCUT2D eigenvalue weighted by Crippen LogP contribution is -2.21. The average Bonchev–Trinajstić information content (AvgIpc) is 2.69. The molecule has 0 spiro atoms. The highest BCUT2D eigenvalue weighted by Gasteiger charge is 2.11. The van der Waals surface area contributed by atoms with Crippen LogP contribution in [0.1, 0.15) is 20.9 Å². The number of aryl methyl sites for hydroxylation is 1. The van der Waals surface area contributed by atoms with Crippen molar-refractivity contribution in [3.63, 3.8) is 0 Å². The number of thiophene rings is 1. The molecule has 2 heterocycles. The Morgan fingerprint density at radius 2 is 2.22 bits per heavy atom. The van der Waals surface area contributed by atoms with E-state index < -0.39 is 0 Å². The smallest absolute Gasteiger partial charge is 0.261 e. The van der Waals surface area contributed by atoms with Crippen LogP contribution in [0, 0.1) is 6.92 Å². The molecule has 0 saturated heterocycles. The molecule has 6 heteroatoms. The molecule has 18 heavy (non-hydrogen) atoms. The number of carbonyl (C=O) groups excluding carboxylic acids is 1. The van der Waals surface area contributed by atoms with Crippen molar-refractivity contribution >= 4 is 49.1 Å². The van der Waals surface area contributed by atoms with E-state index in [1.165, 1.54) is 11.3 Å². The summed E-state index contributed by atoms with van der Waals surface area (Å²) in [7, 11) is 0. The van der Waals surface area contributed by atoms with Crippen molar-refractivity contribution in [3.05, 3.63) is 48.8 Å². The van der Waals surface area contributed by atoms with E-state index in [1.807, 2.05) is 19.1 Å². The second kappa shape index (κ2) is 5.95. The van der Waals surface area contributed by atoms with Crippen LogP contribution in [0.4, 0.5) is 0 Å². The first-order chi connectivity index (χ1) is 8.56. The van der Waals surface area contributed by atoms with Crippen molar-refractivity contribution in [2.24, 2.45) is 0 Å². The maximum absolute atomic E-state index is 11.9. The maximum Gasteiger partial charge on any atom is 0.261 e. The number of rotatable bonds is 3. The topological polar surface area (TPSA) is 42.0 Å². The van der Waals surface area contributed by atoms with E-state index in [4.69, 9.17) is 0 Å². The van der Waals surface area contributed by atoms with Gasteiger partial charge in [0.25, 0.3) is 5.91 Å². The van der Waals surface area contributed by atoms with Gasteiger partial charge in [0.2, 0.25) is 0 Å². The van der Waals surface area contributed by atoms with Gasteiger partial charge in [-0.05, 0) is 56.5 Å². The Morgan fingerprint density at radius 3 is 2.78 bits per heavy atom. The third-order valence-corrected chi connectivity index (χ3v) is 5.55. The lowest BCUT2D eigenvalue weighted by Gasteiger charge is -2.03. The molecule has 0 aliphatic rings. The number of amides is 1. The molecule has 1 N–H and O–H groups in total. The number of carbonyl (C=O) groups is 1. The van der Waals surface area contributed by atoms with Gasteiger partial charge in [-0.3, -0.25) is 9.78 Å². The number of nitrogens with one attached hydrogen (secondary N) is 1. The fourth-order valence-electron chi connectivity index (χ4n) is 1.33. The quantitative estimate of drug-likeness (QED) is 0.864. The Labute approximate surface area is 126 Å². The molecule has 0 aliphatic carbocycles. The van der Waals surface area contributed by atoms with Crippen LogP contribution < -0.4 is 5.32 Å². The molecule has 0 bridgehead atoms. The number of nitrogens with zero attached hydrogens (tertiary/aromatic N) is 1. The molecule has 1 amide bonds. The van der Waals surface area contributed by atoms with Gasteiger partial charge in [0.05, 0.1) is 8.66 Å². The molecule has 0 atom stereocenters. The normalized spacial score (nSPS) is 10.4. The van der Waals surface area contributed by atoms with E-state index in [-0.39, 0.29) is 5.91 Å². The summed E-state index contributed by atoms with van der Waals surface area (Å²) in [5.41, 5.74) is 1.96. The van der Waals surface area contributed by atoms with Gasteiger partial charge in [-0.2, -0.15) is 0 Å². The van der Waals surface area contributed by atoms with Gasteiger partial charge in [0, 0.05) is 22.9 Å². The number of pyridine rings is 1. The van der Waals surface area contributed by atoms with E-state index in [0.29, 0.717) is 11.4 Å². The highest BCUT2D eigenvalue weighted by Crippen LogP contribution is 2.32. The lowest BCUT2D eigenvalue weighted by atomic mass is 10.2. The molecule has 0 aromatic carbocycles. The molecule has 0 fully saturated rings. The van der Waals surface area contributed by atoms with Gasteiger partial charge in [-0.25, -0.2) is 0 Å². The Bertz CT molecular complexity index is 546. The monoisotopic (exact) mass is 388 g/mol. The molecule has 0 saturated carbocycles. The van der Waals surface area contributed by atoms with Crippen molar-refractivity contribution in [2.75, 3.05) is 0 Å². The zero-order chi connectivity index (χ0) is 13.1. The van der Waals surface area contributed by atoms with Gasteiger partial charge in [0.1, 0.15) is 0 Å². The summed E-state index contributed by atoms with van der Waals surface area (Å²) in [6.45, 7) is 2.42. The zero-order valence-corrected chi connectivity index (χ0v) is 13.5. The van der Waals surface area contributed by atoms with Crippen LogP contribution in [-0.2, 0) is 6.54 Å². The molecule has 2 aromatic heterocycles. The van der Waals surface area contributed by atoms with Crippen LogP contribution in [0.5, 0.6) is 0 Å². The third kappa shape index (κ3) is 3.40. The average molecular weight is 390 g/mol. The standard InChI is InChI=1S/C12H10Br2N2OS/c1-7-2-3-8(5-15-7)6-16-12(17)10-4-9(13)11(14)18-10/h2-5H,6H2,1H3,(H,16,17). The lowest BCUT2D eigenvalue weighted by molar-refractivity contribution is 0.0955. The number of hydrogen-bond donors (Lipinski definition) is 1. The Kier molecular flexibility index (Phi) is 4.53. The first-order valence-corrected chi connectivity index (χ1v) is 7.61. The van der Waals surface area contributed by atoms with E-state index in [1.54, 1.807) is 12.3 Å². The molecule has 94 valence electrons. The molecule has 3 nitrogen and oxygen atoms in total. The van der Waals surface area contributed by atoms with Crippen LogP contribution in [0.3, 0.4) is 0 Å². The van der Waals surface area contributed by atoms with E-state index in [9.17, 15) is 4.79 Å². The minimum absolute atomic E-state index is 0.0769. The molecule has 0 radical (unpaired) electrons. The molecule has 0 aliphatic heterocycles. The second-order valence-corrected chi connectivity index (χ2v) is 6.95. The first kappa shape index (κ1) is 13.7. The van der Waals surface area contributed by atoms with Gasteiger partial charge >= 0.3 is 0 Å². The highest BCUT2D eigenvalue weighted by atomic mass is 79.9. The Hall–Kier alpha value is -0.720. The molecular formula is C12H10Br2N2OS. The van der Waals surface area contributed by atoms with Crippen molar-refractivity contribution in [3.8, 4) is 0 Å². The van der Waals surface area contributed by atoms with Gasteiger partial charge < -0.3 is 5.32 Å². The predicted octanol–water partition coefficient (Wildman–Crippen LogP) is 3.91. The highest BCUT2D eigenvalue weighted by molar-refractivity contribution is 9.13. The number of hydrogen-bond acceptors (Lipinski definition) is 3. The summed E-state index contributed by atoms with van der Waals surface area (Å²) in [6, 6.07) is 5.69. The summed E-state index contributed by atoms with van der Waals surface area (Å²) in [5, 5.41) is 2.87. The predicted molar refractivity (Wildman–Crippen MR) is 79.9 cm³/mol. The Balaban J connectivity index is 1.98. The van der Waals surface area contributed by atoms with E-state index >= 15 is 0 Å². The zero-order valence-electron chi connectivity index (χ0n) is 9.54. The van der Waals surface area contributed by atoms with Gasteiger partial charge in [-0.1, -0.05) is 6.07 Å². The van der Waals surface area contributed by atoms with E-state index in [0.717, 1.165) is 19.5 Å². The minimum Gasteiger partial charge on any atom is -0.347 e. The van der Waals surface area contributed by atoms with Crippen LogP contribution in [0.2, 0.25) is 0 Å². The van der Waals surface area contributed by atoms with Gasteiger partial charge in [-0.15, -0.1) is 11.3 Å². The first-order valence-electron chi connectivity index (χ1n) is 5.21. The summed E-state index contributed by atoms with van der Waals surface area (Å²) in [6.07, 6.45) is 1.77. The van der Waals surface area contributed by atoms with E-state index in [2.05, 4.69) is 42.2 Å². The minimum atomic E-state index is -0.0769. The molecule has 2 aromatic rings. The van der Waals surface area contributed by atoms with Crippen molar-refractivity contribution in [1.29, 1.82) is 0 Å². The van der Waals surface area contributed by atoms with Crippen molar-refractivity contribution in [2.45, 2.75) is 13.5 Å². The van der Waals surface area contributed by atoms with Crippen LogP contribution >= 0.6 is 43.2 Å². The van der Waals surface area contributed by atoms with Crippen LogP contribution in [-0.4, -0.2) is 10.9 Å². The fraction of sp³-hybridized carbons (Fsp3) is 0.167. The van der Waals surface area contributed by atoms with Crippen molar-refractivity contribution < 1.29 is 4.79 Å².